The zero-order chi connectivity index (χ0) is 15.4. The number of amides is 1. The van der Waals surface area contributed by atoms with E-state index in [1.807, 2.05) is 0 Å². The van der Waals surface area contributed by atoms with Gasteiger partial charge in [-0.2, -0.15) is 0 Å². The molecule has 0 aliphatic heterocycles. The van der Waals surface area contributed by atoms with Crippen molar-refractivity contribution in [2.45, 2.75) is 5.92 Å². The van der Waals surface area contributed by atoms with Gasteiger partial charge in [-0.15, -0.1) is 0 Å². The normalized spacial score (nSPS) is 11.7. The molecule has 2 aromatic carbocycles. The average Bonchev–Trinajstić information content (AvgIpc) is 2.45. The fourth-order valence-corrected chi connectivity index (χ4v) is 2.03. The van der Waals surface area contributed by atoms with Gasteiger partial charge in [0.2, 0.25) is 5.91 Å². The number of carboxylic acid groups (broad SMARTS) is 1. The average molecular weight is 308 g/mol. The lowest BCUT2D eigenvalue weighted by Gasteiger charge is -2.13. The molecule has 2 aromatic rings. The summed E-state index contributed by atoms with van der Waals surface area (Å²) < 4.78 is 13.7. The minimum atomic E-state index is -1.43. The molecule has 6 heteroatoms. The molecule has 0 saturated carbocycles. The number of carbonyl (C=O) groups excluding carboxylic acids is 1. The topological polar surface area (TPSA) is 66.4 Å². The second kappa shape index (κ2) is 6.37. The monoisotopic (exact) mass is 307 g/mol. The standard InChI is InChI=1S/C15H11ClFNO3/c16-10-7-4-8-11(13(10)17)18-14(19)12(15(20)21)9-5-2-1-3-6-9/h1-8,12H,(H,18,19)(H,20,21). The van der Waals surface area contributed by atoms with Crippen LogP contribution in [0.1, 0.15) is 11.5 Å². The van der Waals surface area contributed by atoms with Gasteiger partial charge in [0.1, 0.15) is 0 Å². The summed E-state index contributed by atoms with van der Waals surface area (Å²) in [5, 5.41) is 11.3. The third kappa shape index (κ3) is 3.38. The van der Waals surface area contributed by atoms with Gasteiger partial charge < -0.3 is 10.4 Å². The summed E-state index contributed by atoms with van der Waals surface area (Å²) in [6, 6.07) is 12.1. The number of anilines is 1. The van der Waals surface area contributed by atoms with Crippen LogP contribution in [0.15, 0.2) is 48.5 Å². The molecule has 1 atom stereocenters. The summed E-state index contributed by atoms with van der Waals surface area (Å²) in [7, 11) is 0. The Bertz CT molecular complexity index is 676. The van der Waals surface area contributed by atoms with Crippen molar-refractivity contribution >= 4 is 29.2 Å². The lowest BCUT2D eigenvalue weighted by atomic mass is 9.98. The molecule has 108 valence electrons. The summed E-state index contributed by atoms with van der Waals surface area (Å²) >= 11 is 5.61. The summed E-state index contributed by atoms with van der Waals surface area (Å²) in [6.07, 6.45) is 0. The molecule has 0 bridgehead atoms. The van der Waals surface area contributed by atoms with E-state index in [9.17, 15) is 19.1 Å². The Morgan fingerprint density at radius 1 is 1.10 bits per heavy atom. The highest BCUT2D eigenvalue weighted by Crippen LogP contribution is 2.24. The molecular formula is C15H11ClFNO3. The lowest BCUT2D eigenvalue weighted by Crippen LogP contribution is -2.28. The second-order valence-electron chi connectivity index (χ2n) is 4.27. The number of carbonyl (C=O) groups is 2. The van der Waals surface area contributed by atoms with E-state index in [2.05, 4.69) is 5.32 Å². The smallest absolute Gasteiger partial charge is 0.320 e. The molecule has 0 radical (unpaired) electrons. The van der Waals surface area contributed by atoms with Gasteiger partial charge in [-0.25, -0.2) is 4.39 Å². The highest BCUT2D eigenvalue weighted by Gasteiger charge is 2.28. The maximum absolute atomic E-state index is 13.7. The van der Waals surface area contributed by atoms with E-state index in [4.69, 9.17) is 11.6 Å². The Hall–Kier alpha value is -2.40. The van der Waals surface area contributed by atoms with E-state index in [0.29, 0.717) is 5.56 Å². The van der Waals surface area contributed by atoms with Gasteiger partial charge in [-0.1, -0.05) is 48.0 Å². The minimum Gasteiger partial charge on any atom is -0.480 e. The first kappa shape index (κ1) is 15.0. The van der Waals surface area contributed by atoms with Crippen molar-refractivity contribution in [3.63, 3.8) is 0 Å². The van der Waals surface area contributed by atoms with Crippen molar-refractivity contribution in [3.8, 4) is 0 Å². The highest BCUT2D eigenvalue weighted by molar-refractivity contribution is 6.31. The summed E-state index contributed by atoms with van der Waals surface area (Å²) in [6.45, 7) is 0. The molecule has 0 heterocycles. The van der Waals surface area contributed by atoms with Crippen molar-refractivity contribution in [1.29, 1.82) is 0 Å². The van der Waals surface area contributed by atoms with Crippen LogP contribution in [-0.2, 0) is 9.59 Å². The van der Waals surface area contributed by atoms with E-state index in [1.54, 1.807) is 18.2 Å². The Balaban J connectivity index is 2.28. The van der Waals surface area contributed by atoms with Gasteiger partial charge >= 0.3 is 5.97 Å². The molecule has 0 fully saturated rings. The molecule has 0 aromatic heterocycles. The Kier molecular flexibility index (Phi) is 4.55. The van der Waals surface area contributed by atoms with Crippen LogP contribution in [0.5, 0.6) is 0 Å². The first-order valence-electron chi connectivity index (χ1n) is 6.03. The number of hydrogen-bond donors (Lipinski definition) is 2. The molecular weight excluding hydrogens is 297 g/mol. The number of carboxylic acids is 1. The number of nitrogens with one attached hydrogen (secondary N) is 1. The van der Waals surface area contributed by atoms with Gasteiger partial charge in [0.05, 0.1) is 10.7 Å². The molecule has 2 N–H and O–H groups in total. The Morgan fingerprint density at radius 2 is 1.76 bits per heavy atom. The predicted molar refractivity (Wildman–Crippen MR) is 76.9 cm³/mol. The number of benzene rings is 2. The maximum atomic E-state index is 13.7. The van der Waals surface area contributed by atoms with Gasteiger partial charge in [0.25, 0.3) is 0 Å². The Morgan fingerprint density at radius 3 is 2.38 bits per heavy atom. The van der Waals surface area contributed by atoms with Crippen molar-refractivity contribution in [2.75, 3.05) is 5.32 Å². The molecule has 0 saturated heterocycles. The maximum Gasteiger partial charge on any atom is 0.320 e. The molecule has 21 heavy (non-hydrogen) atoms. The van der Waals surface area contributed by atoms with Crippen molar-refractivity contribution < 1.29 is 19.1 Å². The van der Waals surface area contributed by atoms with E-state index >= 15 is 0 Å². The quantitative estimate of drug-likeness (QED) is 0.852. The van der Waals surface area contributed by atoms with Crippen LogP contribution in [0.4, 0.5) is 10.1 Å². The van der Waals surface area contributed by atoms with Crippen LogP contribution < -0.4 is 5.32 Å². The summed E-state index contributed by atoms with van der Waals surface area (Å²) in [5.74, 6) is -4.38. The predicted octanol–water partition coefficient (Wildman–Crippen LogP) is 3.29. The van der Waals surface area contributed by atoms with Crippen LogP contribution in [0.3, 0.4) is 0 Å². The van der Waals surface area contributed by atoms with Gasteiger partial charge in [-0.3, -0.25) is 9.59 Å². The van der Waals surface area contributed by atoms with Crippen LogP contribution in [0.2, 0.25) is 5.02 Å². The third-order valence-corrected chi connectivity index (χ3v) is 3.14. The van der Waals surface area contributed by atoms with Gasteiger partial charge in [0.15, 0.2) is 11.7 Å². The largest absolute Gasteiger partial charge is 0.480 e. The molecule has 0 aliphatic rings. The molecule has 1 amide bonds. The number of rotatable bonds is 4. The van der Waals surface area contributed by atoms with E-state index in [-0.39, 0.29) is 10.7 Å². The van der Waals surface area contributed by atoms with E-state index in [0.717, 1.165) is 0 Å². The second-order valence-corrected chi connectivity index (χ2v) is 4.68. The number of halogens is 2. The summed E-state index contributed by atoms with van der Waals surface area (Å²) in [4.78, 5) is 23.4. The molecule has 1 unspecified atom stereocenters. The third-order valence-electron chi connectivity index (χ3n) is 2.85. The zero-order valence-electron chi connectivity index (χ0n) is 10.7. The van der Waals surface area contributed by atoms with Crippen molar-refractivity contribution in [3.05, 3.63) is 64.9 Å². The van der Waals surface area contributed by atoms with Crippen molar-refractivity contribution in [2.24, 2.45) is 0 Å². The minimum absolute atomic E-state index is 0.153. The van der Waals surface area contributed by atoms with Gasteiger partial charge in [0, 0.05) is 0 Å². The fraction of sp³-hybridized carbons (Fsp3) is 0.0667. The van der Waals surface area contributed by atoms with Crippen LogP contribution in [-0.4, -0.2) is 17.0 Å². The lowest BCUT2D eigenvalue weighted by molar-refractivity contribution is -0.141. The Labute approximate surface area is 125 Å². The van der Waals surface area contributed by atoms with E-state index < -0.39 is 23.6 Å². The zero-order valence-corrected chi connectivity index (χ0v) is 11.5. The summed E-state index contributed by atoms with van der Waals surface area (Å²) in [5.41, 5.74) is 0.152. The number of hydrogen-bond acceptors (Lipinski definition) is 2. The molecule has 0 spiro atoms. The SMILES string of the molecule is O=C(O)C(C(=O)Nc1cccc(Cl)c1F)c1ccccc1. The van der Waals surface area contributed by atoms with Crippen LogP contribution in [0, 0.1) is 5.82 Å². The van der Waals surface area contributed by atoms with Crippen molar-refractivity contribution in [1.82, 2.24) is 0 Å². The van der Waals surface area contributed by atoms with Crippen LogP contribution in [0.25, 0.3) is 0 Å². The molecule has 0 aliphatic carbocycles. The molecule has 4 nitrogen and oxygen atoms in total. The number of aliphatic carboxylic acids is 1. The van der Waals surface area contributed by atoms with E-state index in [1.165, 1.54) is 30.3 Å². The first-order chi connectivity index (χ1) is 10.0. The molecule has 2 rings (SSSR count). The first-order valence-corrected chi connectivity index (χ1v) is 6.41. The highest BCUT2D eigenvalue weighted by atomic mass is 35.5. The van der Waals surface area contributed by atoms with Crippen LogP contribution >= 0.6 is 11.6 Å². The fourth-order valence-electron chi connectivity index (χ4n) is 1.86. The van der Waals surface area contributed by atoms with Gasteiger partial charge in [-0.05, 0) is 17.7 Å².